The fourth-order valence-electron chi connectivity index (χ4n) is 1.55. The van der Waals surface area contributed by atoms with Crippen LogP contribution in [-0.2, 0) is 5.91 Å². The van der Waals surface area contributed by atoms with Crippen molar-refractivity contribution in [1.29, 1.82) is 0 Å². The van der Waals surface area contributed by atoms with Crippen molar-refractivity contribution >= 4 is 23.0 Å². The SMILES string of the molecule is Nc1ccccc1NC(O)(O)c1ccc(Cl)cc1. The average molecular weight is 265 g/mol. The van der Waals surface area contributed by atoms with Gasteiger partial charge in [0.2, 0.25) is 0 Å². The van der Waals surface area contributed by atoms with E-state index in [-0.39, 0.29) is 5.56 Å². The van der Waals surface area contributed by atoms with Gasteiger partial charge < -0.3 is 21.3 Å². The fourth-order valence-corrected chi connectivity index (χ4v) is 1.68. The minimum absolute atomic E-state index is 0.273. The fraction of sp³-hybridized carbons (Fsp3) is 0.0769. The summed E-state index contributed by atoms with van der Waals surface area (Å²) in [7, 11) is 0. The smallest absolute Gasteiger partial charge is 0.272 e. The first kappa shape index (κ1) is 12.7. The maximum absolute atomic E-state index is 10.0. The van der Waals surface area contributed by atoms with Crippen molar-refractivity contribution in [2.75, 3.05) is 11.1 Å². The van der Waals surface area contributed by atoms with Crippen molar-refractivity contribution in [1.82, 2.24) is 0 Å². The summed E-state index contributed by atoms with van der Waals surface area (Å²) in [6, 6.07) is 13.0. The van der Waals surface area contributed by atoms with Crippen LogP contribution >= 0.6 is 11.6 Å². The Labute approximate surface area is 110 Å². The van der Waals surface area contributed by atoms with Crippen molar-refractivity contribution in [2.45, 2.75) is 5.91 Å². The molecule has 5 N–H and O–H groups in total. The summed E-state index contributed by atoms with van der Waals surface area (Å²) in [4.78, 5) is 0. The molecule has 0 saturated carbocycles. The maximum Gasteiger partial charge on any atom is 0.272 e. The molecular formula is C13H13ClN2O2. The van der Waals surface area contributed by atoms with Crippen LogP contribution in [0.1, 0.15) is 5.56 Å². The van der Waals surface area contributed by atoms with Gasteiger partial charge in [0.05, 0.1) is 11.4 Å². The third-order valence-electron chi connectivity index (χ3n) is 2.52. The Balaban J connectivity index is 2.27. The topological polar surface area (TPSA) is 78.5 Å². The molecule has 0 amide bonds. The number of nitrogens with one attached hydrogen (secondary N) is 1. The van der Waals surface area contributed by atoms with Crippen LogP contribution in [0.4, 0.5) is 11.4 Å². The lowest BCUT2D eigenvalue weighted by Crippen LogP contribution is -2.34. The molecule has 0 aliphatic carbocycles. The molecule has 0 saturated heterocycles. The number of halogens is 1. The maximum atomic E-state index is 10.0. The highest BCUT2D eigenvalue weighted by molar-refractivity contribution is 6.30. The largest absolute Gasteiger partial charge is 0.397 e. The molecule has 0 atom stereocenters. The number of aliphatic hydroxyl groups is 2. The molecule has 94 valence electrons. The molecule has 4 nitrogen and oxygen atoms in total. The predicted octanol–water partition coefficient (Wildman–Crippen LogP) is 2.13. The van der Waals surface area contributed by atoms with Gasteiger partial charge in [0.25, 0.3) is 5.91 Å². The summed E-state index contributed by atoms with van der Waals surface area (Å²) in [5.74, 6) is -2.21. The monoisotopic (exact) mass is 264 g/mol. The van der Waals surface area contributed by atoms with Crippen LogP contribution in [0.15, 0.2) is 48.5 Å². The van der Waals surface area contributed by atoms with Gasteiger partial charge in [-0.1, -0.05) is 35.9 Å². The Morgan fingerprint density at radius 1 is 1.00 bits per heavy atom. The molecule has 2 aromatic carbocycles. The molecule has 0 bridgehead atoms. The van der Waals surface area contributed by atoms with Crippen molar-refractivity contribution in [3.8, 4) is 0 Å². The lowest BCUT2D eigenvalue weighted by molar-refractivity contribution is -0.143. The molecule has 0 aliphatic heterocycles. The van der Waals surface area contributed by atoms with E-state index < -0.39 is 5.91 Å². The first-order valence-electron chi connectivity index (χ1n) is 5.32. The number of benzene rings is 2. The number of para-hydroxylation sites is 2. The van der Waals surface area contributed by atoms with Crippen LogP contribution in [0.3, 0.4) is 0 Å². The first-order valence-corrected chi connectivity index (χ1v) is 5.70. The number of nitrogen functional groups attached to an aromatic ring is 1. The zero-order chi connectivity index (χ0) is 13.2. The van der Waals surface area contributed by atoms with Gasteiger partial charge in [-0.05, 0) is 24.3 Å². The number of hydrogen-bond donors (Lipinski definition) is 4. The Kier molecular flexibility index (Phi) is 3.43. The molecule has 2 aromatic rings. The molecule has 0 fully saturated rings. The summed E-state index contributed by atoms with van der Waals surface area (Å²) in [5, 5.41) is 23.1. The minimum Gasteiger partial charge on any atom is -0.397 e. The van der Waals surface area contributed by atoms with Crippen LogP contribution in [0.5, 0.6) is 0 Å². The van der Waals surface area contributed by atoms with E-state index in [2.05, 4.69) is 5.32 Å². The lowest BCUT2D eigenvalue weighted by atomic mass is 10.1. The molecule has 0 heterocycles. The minimum atomic E-state index is -2.21. The Hall–Kier alpha value is -1.75. The molecule has 5 heteroatoms. The van der Waals surface area contributed by atoms with Crippen LogP contribution in [0, 0.1) is 0 Å². The van der Waals surface area contributed by atoms with Gasteiger partial charge >= 0.3 is 0 Å². The third-order valence-corrected chi connectivity index (χ3v) is 2.77. The molecule has 0 aliphatic rings. The van der Waals surface area contributed by atoms with E-state index in [1.54, 1.807) is 36.4 Å². The van der Waals surface area contributed by atoms with E-state index in [9.17, 15) is 10.2 Å². The van der Waals surface area contributed by atoms with Crippen molar-refractivity contribution in [3.63, 3.8) is 0 Å². The highest BCUT2D eigenvalue weighted by atomic mass is 35.5. The Bertz CT molecular complexity index is 541. The highest BCUT2D eigenvalue weighted by Crippen LogP contribution is 2.26. The van der Waals surface area contributed by atoms with Crippen molar-refractivity contribution in [2.24, 2.45) is 0 Å². The molecule has 0 radical (unpaired) electrons. The van der Waals surface area contributed by atoms with Crippen LogP contribution in [0.2, 0.25) is 5.02 Å². The van der Waals surface area contributed by atoms with E-state index in [1.807, 2.05) is 0 Å². The molecule has 0 unspecified atom stereocenters. The molecule has 0 spiro atoms. The van der Waals surface area contributed by atoms with E-state index in [0.717, 1.165) is 0 Å². The molecular weight excluding hydrogens is 252 g/mol. The van der Waals surface area contributed by atoms with E-state index in [4.69, 9.17) is 17.3 Å². The molecule has 18 heavy (non-hydrogen) atoms. The normalized spacial score (nSPS) is 11.3. The van der Waals surface area contributed by atoms with Crippen LogP contribution < -0.4 is 11.1 Å². The Morgan fingerprint density at radius 2 is 1.61 bits per heavy atom. The van der Waals surface area contributed by atoms with Crippen LogP contribution in [0.25, 0.3) is 0 Å². The van der Waals surface area contributed by atoms with Gasteiger partial charge in [-0.15, -0.1) is 0 Å². The number of rotatable bonds is 3. The predicted molar refractivity (Wildman–Crippen MR) is 72.0 cm³/mol. The van der Waals surface area contributed by atoms with Gasteiger partial charge in [-0.3, -0.25) is 0 Å². The summed E-state index contributed by atoms with van der Waals surface area (Å²) >= 11 is 5.74. The zero-order valence-electron chi connectivity index (χ0n) is 9.47. The van der Waals surface area contributed by atoms with Crippen molar-refractivity contribution in [3.05, 3.63) is 59.1 Å². The standard InChI is InChI=1S/C13H13ClN2O2/c14-10-7-5-9(6-8-10)13(17,18)16-12-4-2-1-3-11(12)15/h1-8,16-18H,15H2. The van der Waals surface area contributed by atoms with E-state index in [1.165, 1.54) is 12.1 Å². The van der Waals surface area contributed by atoms with Gasteiger partial charge in [0.15, 0.2) is 0 Å². The summed E-state index contributed by atoms with van der Waals surface area (Å²) < 4.78 is 0. The second-order valence-corrected chi connectivity index (χ2v) is 4.33. The van der Waals surface area contributed by atoms with Crippen LogP contribution in [-0.4, -0.2) is 10.2 Å². The van der Waals surface area contributed by atoms with Crippen molar-refractivity contribution < 1.29 is 10.2 Å². The quantitative estimate of drug-likeness (QED) is 0.506. The van der Waals surface area contributed by atoms with Gasteiger partial charge in [0, 0.05) is 10.6 Å². The molecule has 0 aromatic heterocycles. The van der Waals surface area contributed by atoms with Gasteiger partial charge in [-0.25, -0.2) is 0 Å². The van der Waals surface area contributed by atoms with Gasteiger partial charge in [0.1, 0.15) is 0 Å². The second-order valence-electron chi connectivity index (χ2n) is 3.89. The van der Waals surface area contributed by atoms with E-state index >= 15 is 0 Å². The zero-order valence-corrected chi connectivity index (χ0v) is 10.2. The molecule has 2 rings (SSSR count). The first-order chi connectivity index (χ1) is 8.49. The lowest BCUT2D eigenvalue weighted by Gasteiger charge is -2.25. The summed E-state index contributed by atoms with van der Waals surface area (Å²) in [5.41, 5.74) is 6.87. The van der Waals surface area contributed by atoms with E-state index in [0.29, 0.717) is 16.4 Å². The number of anilines is 2. The highest BCUT2D eigenvalue weighted by Gasteiger charge is 2.26. The third kappa shape index (κ3) is 2.73. The average Bonchev–Trinajstić information content (AvgIpc) is 2.32. The van der Waals surface area contributed by atoms with Gasteiger partial charge in [-0.2, -0.15) is 0 Å². The number of hydrogen-bond acceptors (Lipinski definition) is 4. The summed E-state index contributed by atoms with van der Waals surface area (Å²) in [6.45, 7) is 0. The second kappa shape index (κ2) is 4.86. The Morgan fingerprint density at radius 3 is 2.22 bits per heavy atom. The summed E-state index contributed by atoms with van der Waals surface area (Å²) in [6.07, 6.45) is 0. The number of nitrogens with two attached hydrogens (primary N) is 1.